The summed E-state index contributed by atoms with van der Waals surface area (Å²) in [5.74, 6) is 2.82. The molecule has 1 rings (SSSR count). The van der Waals surface area contributed by atoms with Crippen molar-refractivity contribution in [2.75, 3.05) is 0 Å². The molecule has 0 aromatic heterocycles. The molecule has 50 valence electrons. The fraction of sp³-hybridized carbons (Fsp3) is 0. The van der Waals surface area contributed by atoms with Crippen LogP contribution in [-0.4, -0.2) is 5.11 Å². The van der Waals surface area contributed by atoms with Crippen LogP contribution < -0.4 is 5.73 Å². The van der Waals surface area contributed by atoms with Crippen LogP contribution in [0.3, 0.4) is 0 Å². The summed E-state index contributed by atoms with van der Waals surface area (Å²) in [6.45, 7) is 0. The van der Waals surface area contributed by atoms with Crippen LogP contribution in [0.4, 0.5) is 0 Å². The fourth-order valence-electron chi connectivity index (χ4n) is 0.667. The quantitative estimate of drug-likeness (QED) is 0.403. The van der Waals surface area contributed by atoms with E-state index >= 15 is 0 Å². The second kappa shape index (κ2) is 2.79. The molecule has 0 fully saturated rings. The summed E-state index contributed by atoms with van der Waals surface area (Å²) in [6, 6.07) is 8.89. The molecule has 0 spiro atoms. The molecule has 1 aromatic carbocycles. The van der Waals surface area contributed by atoms with Gasteiger partial charge >= 0.3 is 0 Å². The van der Waals surface area contributed by atoms with Crippen molar-refractivity contribution in [3.63, 3.8) is 0 Å². The Labute approximate surface area is 59.3 Å². The zero-order valence-corrected chi connectivity index (χ0v) is 5.33. The lowest BCUT2D eigenvalue weighted by molar-refractivity contribution is 0.475. The van der Waals surface area contributed by atoms with Gasteiger partial charge in [0.1, 0.15) is 5.75 Å². The third-order valence-corrected chi connectivity index (χ3v) is 1.06. The molecule has 0 radical (unpaired) electrons. The van der Waals surface area contributed by atoms with E-state index in [1.807, 2.05) is 0 Å². The minimum atomic E-state index is 0.209. The van der Waals surface area contributed by atoms with Crippen molar-refractivity contribution in [2.45, 2.75) is 0 Å². The summed E-state index contributed by atoms with van der Waals surface area (Å²) in [5, 5.41) is 8.93. The van der Waals surface area contributed by atoms with Crippen LogP contribution in [0.25, 0.3) is 0 Å². The molecule has 2 heteroatoms. The van der Waals surface area contributed by atoms with Gasteiger partial charge in [-0.3, -0.25) is 0 Å². The Hall–Kier alpha value is -1.62. The number of benzene rings is 1. The standard InChI is InChI=1S/C8H7NO/c9-5-4-7-2-1-3-8(10)6-7/h1-3,6,10H,9H2. The van der Waals surface area contributed by atoms with Crippen LogP contribution in [-0.2, 0) is 0 Å². The minimum Gasteiger partial charge on any atom is -0.508 e. The molecule has 0 saturated carbocycles. The SMILES string of the molecule is NC#Cc1cccc(O)c1. The average molecular weight is 133 g/mol. The van der Waals surface area contributed by atoms with Crippen molar-refractivity contribution < 1.29 is 5.11 Å². The molecule has 0 aliphatic rings. The number of hydrogen-bond acceptors (Lipinski definition) is 2. The Morgan fingerprint density at radius 1 is 1.40 bits per heavy atom. The zero-order chi connectivity index (χ0) is 7.40. The molecule has 0 aliphatic carbocycles. The smallest absolute Gasteiger partial charge is 0.116 e. The average Bonchev–Trinajstić information content (AvgIpc) is 1.88. The first-order chi connectivity index (χ1) is 4.83. The fourth-order valence-corrected chi connectivity index (χ4v) is 0.667. The van der Waals surface area contributed by atoms with Crippen LogP contribution in [0.2, 0.25) is 0 Å². The minimum absolute atomic E-state index is 0.209. The normalized spacial score (nSPS) is 8.00. The Morgan fingerprint density at radius 3 is 2.80 bits per heavy atom. The Bertz CT molecular complexity index is 283. The van der Waals surface area contributed by atoms with Gasteiger partial charge in [-0.15, -0.1) is 0 Å². The molecule has 0 unspecified atom stereocenters. The number of aromatic hydroxyl groups is 1. The van der Waals surface area contributed by atoms with Crippen molar-refractivity contribution >= 4 is 0 Å². The van der Waals surface area contributed by atoms with E-state index in [1.54, 1.807) is 24.3 Å². The first-order valence-electron chi connectivity index (χ1n) is 2.83. The van der Waals surface area contributed by atoms with Gasteiger partial charge in [0, 0.05) is 11.6 Å². The summed E-state index contributed by atoms with van der Waals surface area (Å²) >= 11 is 0. The number of hydrogen-bond donors (Lipinski definition) is 2. The summed E-state index contributed by atoms with van der Waals surface area (Å²) in [5.41, 5.74) is 5.69. The van der Waals surface area contributed by atoms with E-state index in [0.29, 0.717) is 0 Å². The molecule has 0 atom stereocenters. The molecule has 2 nitrogen and oxygen atoms in total. The molecule has 1 aromatic rings. The van der Waals surface area contributed by atoms with Gasteiger partial charge in [-0.1, -0.05) is 6.07 Å². The Morgan fingerprint density at radius 2 is 2.20 bits per heavy atom. The van der Waals surface area contributed by atoms with Gasteiger partial charge in [0.15, 0.2) is 0 Å². The summed E-state index contributed by atoms with van der Waals surface area (Å²) in [4.78, 5) is 0. The van der Waals surface area contributed by atoms with E-state index in [-0.39, 0.29) is 5.75 Å². The zero-order valence-electron chi connectivity index (χ0n) is 5.33. The van der Waals surface area contributed by atoms with Crippen molar-refractivity contribution in [3.05, 3.63) is 29.8 Å². The Balaban J connectivity index is 3.03. The molecule has 10 heavy (non-hydrogen) atoms. The maximum Gasteiger partial charge on any atom is 0.116 e. The third kappa shape index (κ3) is 1.43. The van der Waals surface area contributed by atoms with E-state index < -0.39 is 0 Å². The Kier molecular flexibility index (Phi) is 1.81. The van der Waals surface area contributed by atoms with Gasteiger partial charge in [0.25, 0.3) is 0 Å². The second-order valence-corrected chi connectivity index (χ2v) is 1.82. The molecular weight excluding hydrogens is 126 g/mol. The van der Waals surface area contributed by atoms with Crippen LogP contribution in [0.5, 0.6) is 5.75 Å². The molecule has 0 aliphatic heterocycles. The molecule has 0 bridgehead atoms. The second-order valence-electron chi connectivity index (χ2n) is 1.82. The van der Waals surface area contributed by atoms with Crippen LogP contribution in [0.15, 0.2) is 24.3 Å². The number of phenolic OH excluding ortho intramolecular Hbond substituents is 1. The van der Waals surface area contributed by atoms with Crippen LogP contribution in [0, 0.1) is 12.0 Å². The third-order valence-electron chi connectivity index (χ3n) is 1.06. The molecule has 0 heterocycles. The summed E-state index contributed by atoms with van der Waals surface area (Å²) in [6.07, 6.45) is 0. The van der Waals surface area contributed by atoms with E-state index in [4.69, 9.17) is 10.8 Å². The molecule has 3 N–H and O–H groups in total. The summed E-state index contributed by atoms with van der Waals surface area (Å²) < 4.78 is 0. The van der Waals surface area contributed by atoms with Crippen molar-refractivity contribution in [3.8, 4) is 17.7 Å². The van der Waals surface area contributed by atoms with Crippen LogP contribution >= 0.6 is 0 Å². The monoisotopic (exact) mass is 133 g/mol. The van der Waals surface area contributed by atoms with Crippen molar-refractivity contribution in [2.24, 2.45) is 5.73 Å². The number of rotatable bonds is 0. The van der Waals surface area contributed by atoms with Crippen molar-refractivity contribution in [1.29, 1.82) is 0 Å². The van der Waals surface area contributed by atoms with Gasteiger partial charge in [-0.25, -0.2) is 0 Å². The molecule has 0 saturated heterocycles. The molecular formula is C8H7NO. The largest absolute Gasteiger partial charge is 0.508 e. The lowest BCUT2D eigenvalue weighted by Gasteiger charge is -1.89. The number of phenols is 1. The first kappa shape index (κ1) is 6.50. The van der Waals surface area contributed by atoms with Crippen molar-refractivity contribution in [1.82, 2.24) is 0 Å². The van der Waals surface area contributed by atoms with Gasteiger partial charge < -0.3 is 10.8 Å². The van der Waals surface area contributed by atoms with Gasteiger partial charge in [-0.2, -0.15) is 0 Å². The van der Waals surface area contributed by atoms with E-state index in [9.17, 15) is 0 Å². The lowest BCUT2D eigenvalue weighted by Crippen LogP contribution is -1.78. The summed E-state index contributed by atoms with van der Waals surface area (Å²) in [7, 11) is 0. The highest BCUT2D eigenvalue weighted by Crippen LogP contribution is 2.08. The maximum absolute atomic E-state index is 8.93. The lowest BCUT2D eigenvalue weighted by atomic mass is 10.2. The first-order valence-corrected chi connectivity index (χ1v) is 2.83. The van der Waals surface area contributed by atoms with E-state index in [0.717, 1.165) is 5.56 Å². The predicted molar refractivity (Wildman–Crippen MR) is 39.2 cm³/mol. The number of nitrogens with two attached hydrogens (primary N) is 1. The highest BCUT2D eigenvalue weighted by Gasteiger charge is 1.86. The van der Waals surface area contributed by atoms with Gasteiger partial charge in [0.05, 0.1) is 0 Å². The van der Waals surface area contributed by atoms with E-state index in [2.05, 4.69) is 12.0 Å². The highest BCUT2D eigenvalue weighted by atomic mass is 16.3. The highest BCUT2D eigenvalue weighted by molar-refractivity contribution is 5.38. The van der Waals surface area contributed by atoms with Crippen LogP contribution in [0.1, 0.15) is 5.56 Å². The topological polar surface area (TPSA) is 46.2 Å². The predicted octanol–water partition coefficient (Wildman–Crippen LogP) is 0.660. The maximum atomic E-state index is 8.93. The van der Waals surface area contributed by atoms with Gasteiger partial charge in [0.2, 0.25) is 0 Å². The van der Waals surface area contributed by atoms with E-state index in [1.165, 1.54) is 0 Å². The molecule has 0 amide bonds. The van der Waals surface area contributed by atoms with Gasteiger partial charge in [-0.05, 0) is 24.1 Å².